The number of thiophene rings is 1. The molecular formula is C22H18N4S. The van der Waals surface area contributed by atoms with Crippen molar-refractivity contribution in [2.45, 2.75) is 20.4 Å². The van der Waals surface area contributed by atoms with Crippen LogP contribution in [0.4, 0.5) is 5.82 Å². The van der Waals surface area contributed by atoms with Crippen molar-refractivity contribution in [1.82, 2.24) is 9.97 Å². The minimum absolute atomic E-state index is 0.533. The lowest BCUT2D eigenvalue weighted by atomic mass is 10.1. The molecule has 5 heteroatoms. The quantitative estimate of drug-likeness (QED) is 0.518. The highest BCUT2D eigenvalue weighted by molar-refractivity contribution is 7.08. The van der Waals surface area contributed by atoms with Crippen LogP contribution in [0.3, 0.4) is 0 Å². The second kappa shape index (κ2) is 7.18. The molecule has 0 spiro atoms. The van der Waals surface area contributed by atoms with Crippen LogP contribution in [0.2, 0.25) is 0 Å². The first-order valence-electron chi connectivity index (χ1n) is 8.68. The number of nitriles is 1. The summed E-state index contributed by atoms with van der Waals surface area (Å²) < 4.78 is 0. The zero-order valence-corrected chi connectivity index (χ0v) is 16.0. The maximum atomic E-state index is 9.51. The molecule has 4 nitrogen and oxygen atoms in total. The summed E-state index contributed by atoms with van der Waals surface area (Å²) in [4.78, 5) is 9.13. The van der Waals surface area contributed by atoms with Crippen molar-refractivity contribution < 1.29 is 0 Å². The van der Waals surface area contributed by atoms with Crippen LogP contribution in [-0.2, 0) is 6.54 Å². The smallest absolute Gasteiger partial charge is 0.144 e. The van der Waals surface area contributed by atoms with E-state index in [1.165, 1.54) is 11.1 Å². The molecule has 27 heavy (non-hydrogen) atoms. The Morgan fingerprint density at radius 2 is 1.85 bits per heavy atom. The molecule has 0 atom stereocenters. The summed E-state index contributed by atoms with van der Waals surface area (Å²) in [6.45, 7) is 4.51. The van der Waals surface area contributed by atoms with Gasteiger partial charge in [0.1, 0.15) is 11.9 Å². The lowest BCUT2D eigenvalue weighted by molar-refractivity contribution is 1.10. The molecule has 1 N–H and O–H groups in total. The Labute approximate surface area is 162 Å². The van der Waals surface area contributed by atoms with Gasteiger partial charge in [0.15, 0.2) is 0 Å². The van der Waals surface area contributed by atoms with E-state index in [1.54, 1.807) is 11.3 Å². The molecule has 0 aliphatic carbocycles. The zero-order valence-electron chi connectivity index (χ0n) is 15.2. The van der Waals surface area contributed by atoms with Crippen molar-refractivity contribution in [3.05, 3.63) is 75.7 Å². The number of hydrogen-bond acceptors (Lipinski definition) is 5. The first-order valence-corrected chi connectivity index (χ1v) is 9.63. The highest BCUT2D eigenvalue weighted by Crippen LogP contribution is 2.24. The predicted molar refractivity (Wildman–Crippen MR) is 111 cm³/mol. The topological polar surface area (TPSA) is 61.6 Å². The van der Waals surface area contributed by atoms with Gasteiger partial charge >= 0.3 is 0 Å². The molecule has 0 amide bonds. The average molecular weight is 370 g/mol. The summed E-state index contributed by atoms with van der Waals surface area (Å²) >= 11 is 1.70. The number of hydrogen-bond donors (Lipinski definition) is 1. The number of aryl methyl sites for hydroxylation is 2. The van der Waals surface area contributed by atoms with Gasteiger partial charge in [0, 0.05) is 23.3 Å². The number of rotatable bonds is 4. The van der Waals surface area contributed by atoms with E-state index in [1.807, 2.05) is 26.0 Å². The zero-order chi connectivity index (χ0) is 18.8. The number of fused-ring (bicyclic) bond motifs is 1. The van der Waals surface area contributed by atoms with Crippen LogP contribution >= 0.6 is 11.3 Å². The van der Waals surface area contributed by atoms with Crippen molar-refractivity contribution >= 4 is 28.1 Å². The van der Waals surface area contributed by atoms with Crippen LogP contribution in [0, 0.1) is 25.2 Å². The summed E-state index contributed by atoms with van der Waals surface area (Å²) in [5, 5.41) is 18.0. The van der Waals surface area contributed by atoms with Gasteiger partial charge in [-0.25, -0.2) is 4.98 Å². The predicted octanol–water partition coefficient (Wildman–Crippen LogP) is 5.46. The van der Waals surface area contributed by atoms with Crippen molar-refractivity contribution in [2.75, 3.05) is 5.32 Å². The van der Waals surface area contributed by atoms with Gasteiger partial charge in [-0.05, 0) is 59.5 Å². The molecule has 0 aliphatic heterocycles. The minimum atomic E-state index is 0.533. The fraction of sp³-hybridized carbons (Fsp3) is 0.136. The van der Waals surface area contributed by atoms with E-state index >= 15 is 0 Å². The second-order valence-electron chi connectivity index (χ2n) is 6.47. The summed E-state index contributed by atoms with van der Waals surface area (Å²) in [5.41, 5.74) is 6.79. The second-order valence-corrected chi connectivity index (χ2v) is 7.25. The molecule has 132 valence electrons. The number of nitrogens with one attached hydrogen (secondary N) is 1. The molecule has 0 aliphatic rings. The monoisotopic (exact) mass is 370 g/mol. The van der Waals surface area contributed by atoms with Gasteiger partial charge in [0.2, 0.25) is 0 Å². The molecule has 4 aromatic rings. The van der Waals surface area contributed by atoms with E-state index in [-0.39, 0.29) is 0 Å². The Morgan fingerprint density at radius 1 is 1.04 bits per heavy atom. The van der Waals surface area contributed by atoms with Crippen LogP contribution in [0.5, 0.6) is 0 Å². The summed E-state index contributed by atoms with van der Waals surface area (Å²) in [7, 11) is 0. The van der Waals surface area contributed by atoms with Gasteiger partial charge in [-0.15, -0.1) is 0 Å². The maximum absolute atomic E-state index is 9.51. The maximum Gasteiger partial charge on any atom is 0.144 e. The third-order valence-corrected chi connectivity index (χ3v) is 5.20. The van der Waals surface area contributed by atoms with Gasteiger partial charge in [-0.3, -0.25) is 4.98 Å². The SMILES string of the molecule is Cc1cc2nc(NCc3ccc(-c4ccsc4)cc3)c(C#N)cc2c(C)n1. The van der Waals surface area contributed by atoms with Gasteiger partial charge in [0.25, 0.3) is 0 Å². The lowest BCUT2D eigenvalue weighted by Crippen LogP contribution is -2.04. The standard InChI is InChI=1S/C22H18N4S/c1-14-9-21-20(15(2)25-14)10-19(11-23)22(26-21)24-12-16-3-5-17(6-4-16)18-7-8-27-13-18/h3-10,13H,12H2,1-2H3,(H,24,26). The number of anilines is 1. The van der Waals surface area contributed by atoms with Gasteiger partial charge in [-0.2, -0.15) is 16.6 Å². The Morgan fingerprint density at radius 3 is 2.56 bits per heavy atom. The minimum Gasteiger partial charge on any atom is -0.365 e. The Kier molecular flexibility index (Phi) is 4.57. The molecule has 0 bridgehead atoms. The first kappa shape index (κ1) is 17.2. The Bertz CT molecular complexity index is 1140. The van der Waals surface area contributed by atoms with E-state index < -0.39 is 0 Å². The molecule has 0 radical (unpaired) electrons. The van der Waals surface area contributed by atoms with Crippen molar-refractivity contribution in [3.63, 3.8) is 0 Å². The number of pyridine rings is 2. The average Bonchev–Trinajstić information content (AvgIpc) is 3.21. The van der Waals surface area contributed by atoms with Crippen molar-refractivity contribution in [2.24, 2.45) is 0 Å². The van der Waals surface area contributed by atoms with Crippen LogP contribution in [-0.4, -0.2) is 9.97 Å². The van der Waals surface area contributed by atoms with Crippen molar-refractivity contribution in [1.29, 1.82) is 5.26 Å². The van der Waals surface area contributed by atoms with Crippen LogP contribution in [0.1, 0.15) is 22.5 Å². The number of benzene rings is 1. The Hall–Kier alpha value is -3.23. The largest absolute Gasteiger partial charge is 0.365 e. The van der Waals surface area contributed by atoms with Crippen LogP contribution < -0.4 is 5.32 Å². The fourth-order valence-electron chi connectivity index (χ4n) is 3.13. The molecule has 0 fully saturated rings. The van der Waals surface area contributed by atoms with Crippen LogP contribution in [0.15, 0.2) is 53.2 Å². The van der Waals surface area contributed by atoms with E-state index in [4.69, 9.17) is 0 Å². The van der Waals surface area contributed by atoms with E-state index in [0.29, 0.717) is 17.9 Å². The molecule has 4 rings (SSSR count). The van der Waals surface area contributed by atoms with Crippen molar-refractivity contribution in [3.8, 4) is 17.2 Å². The highest BCUT2D eigenvalue weighted by Gasteiger charge is 2.10. The first-order chi connectivity index (χ1) is 13.1. The highest BCUT2D eigenvalue weighted by atomic mass is 32.1. The fourth-order valence-corrected chi connectivity index (χ4v) is 3.80. The van der Waals surface area contributed by atoms with Gasteiger partial charge < -0.3 is 5.32 Å². The summed E-state index contributed by atoms with van der Waals surface area (Å²) in [6.07, 6.45) is 0. The summed E-state index contributed by atoms with van der Waals surface area (Å²) in [5.74, 6) is 0.608. The van der Waals surface area contributed by atoms with Crippen LogP contribution in [0.25, 0.3) is 22.0 Å². The molecule has 0 saturated heterocycles. The van der Waals surface area contributed by atoms with E-state index in [9.17, 15) is 5.26 Å². The molecule has 1 aromatic carbocycles. The number of aromatic nitrogens is 2. The van der Waals surface area contributed by atoms with Gasteiger partial charge in [0.05, 0.1) is 11.1 Å². The number of nitrogens with zero attached hydrogens (tertiary/aromatic N) is 3. The third kappa shape index (κ3) is 3.53. The molecule has 3 aromatic heterocycles. The normalized spacial score (nSPS) is 10.7. The van der Waals surface area contributed by atoms with E-state index in [0.717, 1.165) is 27.9 Å². The van der Waals surface area contributed by atoms with Gasteiger partial charge in [-0.1, -0.05) is 24.3 Å². The third-order valence-electron chi connectivity index (χ3n) is 4.52. The lowest BCUT2D eigenvalue weighted by Gasteiger charge is -2.11. The molecular weight excluding hydrogens is 352 g/mol. The summed E-state index contributed by atoms with van der Waals surface area (Å²) in [6, 6.07) is 16.6. The molecule has 3 heterocycles. The molecule has 0 unspecified atom stereocenters. The van der Waals surface area contributed by atoms with E-state index in [2.05, 4.69) is 62.4 Å². The Balaban J connectivity index is 1.59. The molecule has 0 saturated carbocycles.